The molecule has 0 saturated carbocycles. The van der Waals surface area contributed by atoms with Crippen molar-refractivity contribution in [1.82, 2.24) is 10.3 Å². The Hall–Kier alpha value is -1.03. The molecule has 98 valence electrons. The lowest BCUT2D eigenvalue weighted by Crippen LogP contribution is -2.22. The van der Waals surface area contributed by atoms with E-state index in [9.17, 15) is 0 Å². The van der Waals surface area contributed by atoms with Crippen molar-refractivity contribution in [2.24, 2.45) is 5.92 Å². The molecular weight excluding hydrogens is 214 g/mol. The van der Waals surface area contributed by atoms with Crippen molar-refractivity contribution >= 4 is 6.01 Å². The summed E-state index contributed by atoms with van der Waals surface area (Å²) in [6.45, 7) is 10.4. The highest BCUT2D eigenvalue weighted by Gasteiger charge is 2.09. The summed E-state index contributed by atoms with van der Waals surface area (Å²) < 4.78 is 5.47. The quantitative estimate of drug-likeness (QED) is 0.794. The van der Waals surface area contributed by atoms with Crippen LogP contribution in [0.2, 0.25) is 0 Å². The summed E-state index contributed by atoms with van der Waals surface area (Å²) in [6.07, 6.45) is 2.88. The van der Waals surface area contributed by atoms with Gasteiger partial charge in [0.15, 0.2) is 0 Å². The number of aromatic nitrogens is 1. The van der Waals surface area contributed by atoms with Gasteiger partial charge >= 0.3 is 0 Å². The van der Waals surface area contributed by atoms with E-state index >= 15 is 0 Å². The van der Waals surface area contributed by atoms with Gasteiger partial charge in [0.2, 0.25) is 0 Å². The molecule has 4 nitrogen and oxygen atoms in total. The highest BCUT2D eigenvalue weighted by molar-refractivity contribution is 5.24. The molecule has 0 atom stereocenters. The van der Waals surface area contributed by atoms with Crippen molar-refractivity contribution in [2.75, 3.05) is 18.5 Å². The Morgan fingerprint density at radius 1 is 1.35 bits per heavy atom. The fraction of sp³-hybridized carbons (Fsp3) is 0.769. The summed E-state index contributed by atoms with van der Waals surface area (Å²) in [5, 5.41) is 3.32. The lowest BCUT2D eigenvalue weighted by Gasteiger charge is -2.15. The molecule has 0 unspecified atom stereocenters. The molecule has 1 N–H and O–H groups in total. The Morgan fingerprint density at radius 2 is 2.06 bits per heavy atom. The first-order valence-electron chi connectivity index (χ1n) is 6.38. The van der Waals surface area contributed by atoms with Crippen LogP contribution in [-0.2, 0) is 6.54 Å². The van der Waals surface area contributed by atoms with Crippen molar-refractivity contribution in [2.45, 2.75) is 46.7 Å². The molecule has 1 heterocycles. The summed E-state index contributed by atoms with van der Waals surface area (Å²) >= 11 is 0. The normalized spacial score (nSPS) is 11.5. The molecular formula is C13H25N3O. The zero-order chi connectivity index (χ0) is 12.8. The van der Waals surface area contributed by atoms with Crippen molar-refractivity contribution in [1.29, 1.82) is 0 Å². The van der Waals surface area contributed by atoms with Crippen LogP contribution >= 0.6 is 0 Å². The topological polar surface area (TPSA) is 41.3 Å². The maximum Gasteiger partial charge on any atom is 0.297 e. The second kappa shape index (κ2) is 6.64. The maximum atomic E-state index is 5.47. The minimum absolute atomic E-state index is 0.467. The molecule has 0 fully saturated rings. The zero-order valence-corrected chi connectivity index (χ0v) is 11.7. The predicted molar refractivity (Wildman–Crippen MR) is 71.2 cm³/mol. The van der Waals surface area contributed by atoms with Gasteiger partial charge in [0.05, 0.1) is 5.69 Å². The molecule has 17 heavy (non-hydrogen) atoms. The third-order valence-corrected chi connectivity index (χ3v) is 2.60. The van der Waals surface area contributed by atoms with Crippen molar-refractivity contribution in [3.8, 4) is 0 Å². The molecule has 0 spiro atoms. The standard InChI is InChI=1S/C13H25N3O/c1-10(2)6-7-16(5)13-15-12(9-17-13)8-14-11(3)4/h9-11,14H,6-8H2,1-5H3. The van der Waals surface area contributed by atoms with E-state index in [2.05, 4.69) is 42.9 Å². The summed E-state index contributed by atoms with van der Waals surface area (Å²) in [7, 11) is 2.02. The Balaban J connectivity index is 2.43. The molecule has 0 aliphatic rings. The van der Waals surface area contributed by atoms with E-state index in [1.54, 1.807) is 6.26 Å². The number of oxazole rings is 1. The van der Waals surface area contributed by atoms with Crippen LogP contribution in [0, 0.1) is 5.92 Å². The van der Waals surface area contributed by atoms with Gasteiger partial charge in [0.1, 0.15) is 6.26 Å². The molecule has 0 saturated heterocycles. The van der Waals surface area contributed by atoms with Gasteiger partial charge in [-0.15, -0.1) is 0 Å². The SMILES string of the molecule is CC(C)CCN(C)c1nc(CNC(C)C)co1. The molecule has 0 aliphatic heterocycles. The molecule has 0 radical (unpaired) electrons. The number of hydrogen-bond donors (Lipinski definition) is 1. The van der Waals surface area contributed by atoms with E-state index in [0.29, 0.717) is 18.0 Å². The van der Waals surface area contributed by atoms with Crippen LogP contribution < -0.4 is 10.2 Å². The van der Waals surface area contributed by atoms with E-state index in [4.69, 9.17) is 4.42 Å². The number of nitrogens with one attached hydrogen (secondary N) is 1. The van der Waals surface area contributed by atoms with Crippen molar-refractivity contribution in [3.05, 3.63) is 12.0 Å². The smallest absolute Gasteiger partial charge is 0.297 e. The van der Waals surface area contributed by atoms with Crippen molar-refractivity contribution < 1.29 is 4.42 Å². The number of nitrogens with zero attached hydrogens (tertiary/aromatic N) is 2. The van der Waals surface area contributed by atoms with Gasteiger partial charge in [-0.25, -0.2) is 0 Å². The fourth-order valence-corrected chi connectivity index (χ4v) is 1.41. The molecule has 0 bridgehead atoms. The Morgan fingerprint density at radius 3 is 2.65 bits per heavy atom. The lowest BCUT2D eigenvalue weighted by molar-refractivity contribution is 0.520. The fourth-order valence-electron chi connectivity index (χ4n) is 1.41. The molecule has 0 aromatic carbocycles. The Bertz CT molecular complexity index is 320. The molecule has 1 rings (SSSR count). The van der Waals surface area contributed by atoms with Crippen LogP contribution in [0.25, 0.3) is 0 Å². The van der Waals surface area contributed by atoms with Crippen LogP contribution in [0.4, 0.5) is 6.01 Å². The van der Waals surface area contributed by atoms with Gasteiger partial charge in [-0.2, -0.15) is 4.98 Å². The Labute approximate surface area is 104 Å². The Kier molecular flexibility index (Phi) is 5.48. The minimum atomic E-state index is 0.467. The summed E-state index contributed by atoms with van der Waals surface area (Å²) in [5.41, 5.74) is 0.963. The van der Waals surface area contributed by atoms with Crippen LogP contribution in [0.15, 0.2) is 10.7 Å². The summed E-state index contributed by atoms with van der Waals surface area (Å²) in [4.78, 5) is 6.53. The highest BCUT2D eigenvalue weighted by atomic mass is 16.4. The number of rotatable bonds is 7. The van der Waals surface area contributed by atoms with Crippen LogP contribution in [0.1, 0.15) is 39.8 Å². The lowest BCUT2D eigenvalue weighted by atomic mass is 10.1. The van der Waals surface area contributed by atoms with E-state index in [-0.39, 0.29) is 0 Å². The second-order valence-electron chi connectivity index (χ2n) is 5.26. The van der Waals surface area contributed by atoms with Gasteiger partial charge in [0.25, 0.3) is 6.01 Å². The molecule has 1 aromatic heterocycles. The average molecular weight is 239 g/mol. The highest BCUT2D eigenvalue weighted by Crippen LogP contribution is 2.13. The second-order valence-corrected chi connectivity index (χ2v) is 5.26. The summed E-state index contributed by atoms with van der Waals surface area (Å²) in [6, 6.07) is 1.18. The number of hydrogen-bond acceptors (Lipinski definition) is 4. The first-order chi connectivity index (χ1) is 7.99. The van der Waals surface area contributed by atoms with E-state index in [0.717, 1.165) is 25.2 Å². The van der Waals surface area contributed by atoms with Gasteiger partial charge < -0.3 is 14.6 Å². The van der Waals surface area contributed by atoms with Crippen LogP contribution in [-0.4, -0.2) is 24.6 Å². The van der Waals surface area contributed by atoms with E-state index < -0.39 is 0 Å². The zero-order valence-electron chi connectivity index (χ0n) is 11.7. The minimum Gasteiger partial charge on any atom is -0.432 e. The monoisotopic (exact) mass is 239 g/mol. The van der Waals surface area contributed by atoms with Crippen LogP contribution in [0.3, 0.4) is 0 Å². The van der Waals surface area contributed by atoms with Crippen molar-refractivity contribution in [3.63, 3.8) is 0 Å². The largest absolute Gasteiger partial charge is 0.432 e. The van der Waals surface area contributed by atoms with Gasteiger partial charge in [-0.05, 0) is 12.3 Å². The first-order valence-corrected chi connectivity index (χ1v) is 6.38. The predicted octanol–water partition coefficient (Wildman–Crippen LogP) is 2.65. The van der Waals surface area contributed by atoms with E-state index in [1.165, 1.54) is 0 Å². The van der Waals surface area contributed by atoms with Gasteiger partial charge in [-0.1, -0.05) is 27.7 Å². The third-order valence-electron chi connectivity index (χ3n) is 2.60. The first kappa shape index (κ1) is 14.0. The molecule has 0 amide bonds. The van der Waals surface area contributed by atoms with Gasteiger partial charge in [-0.3, -0.25) is 0 Å². The molecule has 0 aliphatic carbocycles. The maximum absolute atomic E-state index is 5.47. The average Bonchev–Trinajstić information content (AvgIpc) is 2.71. The van der Waals surface area contributed by atoms with Crippen LogP contribution in [0.5, 0.6) is 0 Å². The molecule has 4 heteroatoms. The summed E-state index contributed by atoms with van der Waals surface area (Å²) in [5.74, 6) is 0.703. The molecule has 1 aromatic rings. The number of anilines is 1. The van der Waals surface area contributed by atoms with E-state index in [1.807, 2.05) is 7.05 Å². The van der Waals surface area contributed by atoms with Gasteiger partial charge in [0, 0.05) is 26.2 Å². The third kappa shape index (κ3) is 5.22.